The van der Waals surface area contributed by atoms with Crippen molar-refractivity contribution in [2.45, 2.75) is 26.2 Å². The molecule has 1 aliphatic heterocycles. The molecule has 1 saturated heterocycles. The van der Waals surface area contributed by atoms with E-state index < -0.39 is 0 Å². The van der Waals surface area contributed by atoms with Crippen LogP contribution in [0.2, 0.25) is 0 Å². The van der Waals surface area contributed by atoms with Crippen LogP contribution in [0.4, 0.5) is 5.82 Å². The molecule has 1 aromatic carbocycles. The fourth-order valence-electron chi connectivity index (χ4n) is 3.97. The maximum absolute atomic E-state index is 12.6. The molecule has 1 amide bonds. The molecule has 0 radical (unpaired) electrons. The summed E-state index contributed by atoms with van der Waals surface area (Å²) < 4.78 is 7.49. The van der Waals surface area contributed by atoms with E-state index in [9.17, 15) is 4.79 Å². The summed E-state index contributed by atoms with van der Waals surface area (Å²) >= 11 is 0. The number of aromatic nitrogens is 3. The number of rotatable bonds is 6. The largest absolute Gasteiger partial charge is 0.496 e. The van der Waals surface area contributed by atoms with Gasteiger partial charge < -0.3 is 15.0 Å². The van der Waals surface area contributed by atoms with Gasteiger partial charge in [0.05, 0.1) is 13.3 Å². The Labute approximate surface area is 170 Å². The van der Waals surface area contributed by atoms with Crippen LogP contribution in [0.1, 0.15) is 26.2 Å². The van der Waals surface area contributed by atoms with Crippen molar-refractivity contribution in [2.24, 2.45) is 5.92 Å². The number of carbonyl (C=O) groups is 1. The molecule has 0 saturated carbocycles. The molecule has 1 aliphatic rings. The summed E-state index contributed by atoms with van der Waals surface area (Å²) in [6.07, 6.45) is 8.09. The van der Waals surface area contributed by atoms with E-state index in [1.165, 1.54) is 6.42 Å². The second-order valence-electron chi connectivity index (χ2n) is 7.58. The Morgan fingerprint density at radius 2 is 2.21 bits per heavy atom. The number of likely N-dealkylation sites (tertiary alicyclic amines) is 1. The number of ether oxygens (including phenoxy) is 1. The zero-order valence-corrected chi connectivity index (χ0v) is 17.0. The van der Waals surface area contributed by atoms with Crippen LogP contribution in [-0.2, 0) is 4.79 Å². The summed E-state index contributed by atoms with van der Waals surface area (Å²) in [5.41, 5.74) is 2.43. The molecule has 0 aliphatic carbocycles. The summed E-state index contributed by atoms with van der Waals surface area (Å²) in [5.74, 6) is 2.39. The standard InChI is InChI=1S/C22H27N5O2/c1-16-6-5-12-26(15-16)20(28)9-10-24-22-21(17-7-3-4-8-18(17)29-2)25-19-14-23-11-13-27(19)22/h3-4,7-8,11,13-14,16,24H,5-6,9-10,12,15H2,1-2H3/t16-/m1/s1. The number of hydrogen-bond acceptors (Lipinski definition) is 5. The van der Waals surface area contributed by atoms with Crippen LogP contribution in [0.25, 0.3) is 16.9 Å². The number of anilines is 1. The van der Waals surface area contributed by atoms with Gasteiger partial charge in [-0.25, -0.2) is 4.98 Å². The monoisotopic (exact) mass is 393 g/mol. The number of imidazole rings is 1. The first-order chi connectivity index (χ1) is 14.2. The van der Waals surface area contributed by atoms with Gasteiger partial charge >= 0.3 is 0 Å². The third kappa shape index (κ3) is 4.04. The number of para-hydroxylation sites is 1. The van der Waals surface area contributed by atoms with Gasteiger partial charge in [0.25, 0.3) is 0 Å². The van der Waals surface area contributed by atoms with Crippen molar-refractivity contribution in [3.8, 4) is 17.0 Å². The van der Waals surface area contributed by atoms with E-state index in [1.807, 2.05) is 39.8 Å². The third-order valence-corrected chi connectivity index (χ3v) is 5.43. The third-order valence-electron chi connectivity index (χ3n) is 5.43. The lowest BCUT2D eigenvalue weighted by Gasteiger charge is -2.31. The highest BCUT2D eigenvalue weighted by atomic mass is 16.5. The average Bonchev–Trinajstić information content (AvgIpc) is 3.12. The number of nitrogens with one attached hydrogen (secondary N) is 1. The molecule has 152 valence electrons. The smallest absolute Gasteiger partial charge is 0.224 e. The molecule has 0 unspecified atom stereocenters. The Kier molecular flexibility index (Phi) is 5.64. The van der Waals surface area contributed by atoms with Crippen LogP contribution in [-0.4, -0.2) is 51.9 Å². The van der Waals surface area contributed by atoms with Gasteiger partial charge in [0.2, 0.25) is 5.91 Å². The predicted molar refractivity (Wildman–Crippen MR) is 113 cm³/mol. The fraction of sp³-hybridized carbons (Fsp3) is 0.409. The van der Waals surface area contributed by atoms with Crippen LogP contribution in [0.5, 0.6) is 5.75 Å². The van der Waals surface area contributed by atoms with Crippen LogP contribution >= 0.6 is 0 Å². The van der Waals surface area contributed by atoms with Gasteiger partial charge in [0.1, 0.15) is 17.3 Å². The number of methoxy groups -OCH3 is 1. The second kappa shape index (κ2) is 8.51. The molecule has 1 fully saturated rings. The van der Waals surface area contributed by atoms with Crippen molar-refractivity contribution in [1.29, 1.82) is 0 Å². The molecule has 2 aromatic heterocycles. The van der Waals surface area contributed by atoms with Gasteiger partial charge in [-0.1, -0.05) is 19.1 Å². The van der Waals surface area contributed by atoms with E-state index in [2.05, 4.69) is 17.2 Å². The first-order valence-corrected chi connectivity index (χ1v) is 10.1. The Morgan fingerprint density at radius 3 is 3.03 bits per heavy atom. The number of benzene rings is 1. The molecule has 7 nitrogen and oxygen atoms in total. The van der Waals surface area contributed by atoms with Gasteiger partial charge in [-0.2, -0.15) is 0 Å². The Hall–Kier alpha value is -3.09. The number of nitrogens with zero attached hydrogens (tertiary/aromatic N) is 4. The highest BCUT2D eigenvalue weighted by Gasteiger charge is 2.21. The highest BCUT2D eigenvalue weighted by molar-refractivity contribution is 5.81. The normalized spacial score (nSPS) is 16.8. The summed E-state index contributed by atoms with van der Waals surface area (Å²) in [6.45, 7) is 4.50. The van der Waals surface area contributed by atoms with Gasteiger partial charge in [0, 0.05) is 44.0 Å². The maximum Gasteiger partial charge on any atom is 0.224 e. The molecule has 3 heterocycles. The first-order valence-electron chi connectivity index (χ1n) is 10.1. The van der Waals surface area contributed by atoms with Crippen molar-refractivity contribution in [3.63, 3.8) is 0 Å². The van der Waals surface area contributed by atoms with Gasteiger partial charge in [-0.15, -0.1) is 0 Å². The summed E-state index contributed by atoms with van der Waals surface area (Å²) in [7, 11) is 1.65. The molecule has 1 atom stereocenters. The minimum Gasteiger partial charge on any atom is -0.496 e. The second-order valence-corrected chi connectivity index (χ2v) is 7.58. The van der Waals surface area contributed by atoms with Gasteiger partial charge in [-0.3, -0.25) is 14.2 Å². The van der Waals surface area contributed by atoms with E-state index in [0.717, 1.165) is 48.0 Å². The molecule has 0 spiro atoms. The Bertz CT molecular complexity index is 1000. The highest BCUT2D eigenvalue weighted by Crippen LogP contribution is 2.34. The number of piperidine rings is 1. The average molecular weight is 393 g/mol. The molecular formula is C22H27N5O2. The molecule has 7 heteroatoms. The van der Waals surface area contributed by atoms with Crippen molar-refractivity contribution in [1.82, 2.24) is 19.3 Å². The maximum atomic E-state index is 12.6. The lowest BCUT2D eigenvalue weighted by atomic mass is 10.00. The first kappa shape index (κ1) is 19.2. The molecule has 1 N–H and O–H groups in total. The molecule has 0 bridgehead atoms. The van der Waals surface area contributed by atoms with Crippen molar-refractivity contribution < 1.29 is 9.53 Å². The number of fused-ring (bicyclic) bond motifs is 1. The SMILES string of the molecule is COc1ccccc1-c1nc2cnccn2c1NCCC(=O)N1CCC[C@@H](C)C1. The molecule has 4 rings (SSSR count). The van der Waals surface area contributed by atoms with E-state index >= 15 is 0 Å². The van der Waals surface area contributed by atoms with Crippen LogP contribution in [0.15, 0.2) is 42.9 Å². The van der Waals surface area contributed by atoms with Crippen LogP contribution in [0.3, 0.4) is 0 Å². The number of amides is 1. The molecule has 3 aromatic rings. The lowest BCUT2D eigenvalue weighted by Crippen LogP contribution is -2.39. The topological polar surface area (TPSA) is 71.8 Å². The zero-order chi connectivity index (χ0) is 20.2. The summed E-state index contributed by atoms with van der Waals surface area (Å²) in [5, 5.41) is 3.44. The van der Waals surface area contributed by atoms with Gasteiger partial charge in [-0.05, 0) is 30.9 Å². The quantitative estimate of drug-likeness (QED) is 0.694. The van der Waals surface area contributed by atoms with Crippen molar-refractivity contribution >= 4 is 17.4 Å². The van der Waals surface area contributed by atoms with E-state index in [0.29, 0.717) is 18.9 Å². The lowest BCUT2D eigenvalue weighted by molar-refractivity contribution is -0.132. The van der Waals surface area contributed by atoms with E-state index in [-0.39, 0.29) is 5.91 Å². The van der Waals surface area contributed by atoms with E-state index in [1.54, 1.807) is 19.5 Å². The zero-order valence-electron chi connectivity index (χ0n) is 17.0. The number of carbonyl (C=O) groups excluding carboxylic acids is 1. The predicted octanol–water partition coefficient (Wildman–Crippen LogP) is 3.47. The van der Waals surface area contributed by atoms with Crippen LogP contribution in [0, 0.1) is 5.92 Å². The molecule has 29 heavy (non-hydrogen) atoms. The van der Waals surface area contributed by atoms with Crippen molar-refractivity contribution in [3.05, 3.63) is 42.9 Å². The van der Waals surface area contributed by atoms with Gasteiger partial charge in [0.15, 0.2) is 5.65 Å². The van der Waals surface area contributed by atoms with E-state index in [4.69, 9.17) is 9.72 Å². The van der Waals surface area contributed by atoms with Crippen LogP contribution < -0.4 is 10.1 Å². The Balaban J connectivity index is 1.56. The minimum atomic E-state index is 0.207. The number of hydrogen-bond donors (Lipinski definition) is 1. The van der Waals surface area contributed by atoms with Crippen molar-refractivity contribution in [2.75, 3.05) is 32.1 Å². The molecular weight excluding hydrogens is 366 g/mol. The summed E-state index contributed by atoms with van der Waals surface area (Å²) in [4.78, 5) is 23.5. The Morgan fingerprint density at radius 1 is 1.34 bits per heavy atom. The summed E-state index contributed by atoms with van der Waals surface area (Å²) in [6, 6.07) is 7.80. The minimum absolute atomic E-state index is 0.207. The fourth-order valence-corrected chi connectivity index (χ4v) is 3.97.